The van der Waals surface area contributed by atoms with Gasteiger partial charge in [0.25, 0.3) is 0 Å². The Labute approximate surface area is 127 Å². The summed E-state index contributed by atoms with van der Waals surface area (Å²) in [7, 11) is 0. The molecule has 0 saturated carbocycles. The molecule has 3 heteroatoms. The molecule has 0 amide bonds. The van der Waals surface area contributed by atoms with E-state index >= 15 is 0 Å². The molecule has 0 heterocycles. The third-order valence-corrected chi connectivity index (χ3v) is 4.70. The average Bonchev–Trinajstić information content (AvgIpc) is 2.45. The van der Waals surface area contributed by atoms with Gasteiger partial charge in [-0.15, -0.1) is 0 Å². The highest BCUT2D eigenvalue weighted by Crippen LogP contribution is 2.30. The molecule has 0 aromatic carbocycles. The molecule has 1 rings (SSSR count). The van der Waals surface area contributed by atoms with E-state index in [1.54, 1.807) is 0 Å². The second kappa shape index (κ2) is 8.47. The van der Waals surface area contributed by atoms with Crippen LogP contribution in [0, 0.1) is 0 Å². The van der Waals surface area contributed by atoms with Crippen molar-refractivity contribution in [3.63, 3.8) is 0 Å². The number of allylic oxidation sites excluding steroid dienone is 4. The minimum absolute atomic E-state index is 0.346. The molecule has 0 fully saturated rings. The molecule has 1 unspecified atom stereocenters. The zero-order valence-electron chi connectivity index (χ0n) is 12.7. The number of nitrogens with zero attached hydrogens (tertiary/aromatic N) is 2. The second-order valence-electron chi connectivity index (χ2n) is 4.74. The highest BCUT2D eigenvalue weighted by molar-refractivity contribution is 9.09. The minimum Gasteiger partial charge on any atom is -0.378 e. The van der Waals surface area contributed by atoms with Crippen LogP contribution in [0.25, 0.3) is 0 Å². The summed E-state index contributed by atoms with van der Waals surface area (Å²) in [4.78, 5) is 5.05. The number of alkyl halides is 1. The van der Waals surface area contributed by atoms with Crippen molar-refractivity contribution in [1.29, 1.82) is 0 Å². The van der Waals surface area contributed by atoms with Crippen LogP contribution in [0.5, 0.6) is 0 Å². The normalized spacial score (nSPS) is 23.1. The fourth-order valence-electron chi connectivity index (χ4n) is 2.22. The second-order valence-corrected chi connectivity index (χ2v) is 5.66. The van der Waals surface area contributed by atoms with Crippen LogP contribution in [0.3, 0.4) is 0 Å². The Hall–Kier alpha value is -0.700. The van der Waals surface area contributed by atoms with Crippen LogP contribution in [0.1, 0.15) is 34.1 Å². The molecular formula is C16H27BrN2. The largest absolute Gasteiger partial charge is 0.378 e. The minimum atomic E-state index is 0.346. The van der Waals surface area contributed by atoms with Crippen molar-refractivity contribution in [2.45, 2.75) is 38.9 Å². The van der Waals surface area contributed by atoms with Crippen molar-refractivity contribution in [1.82, 2.24) is 9.80 Å². The monoisotopic (exact) mass is 326 g/mol. The van der Waals surface area contributed by atoms with Crippen LogP contribution in [0.2, 0.25) is 0 Å². The lowest BCUT2D eigenvalue weighted by Crippen LogP contribution is -2.22. The van der Waals surface area contributed by atoms with Gasteiger partial charge in [-0.2, -0.15) is 0 Å². The first-order valence-electron chi connectivity index (χ1n) is 7.37. The molecule has 19 heavy (non-hydrogen) atoms. The number of hydrogen-bond acceptors (Lipinski definition) is 2. The number of halogens is 1. The van der Waals surface area contributed by atoms with Gasteiger partial charge in [-0.25, -0.2) is 0 Å². The summed E-state index contributed by atoms with van der Waals surface area (Å²) < 4.78 is 0. The first-order chi connectivity index (χ1) is 9.15. The summed E-state index contributed by atoms with van der Waals surface area (Å²) in [6.45, 7) is 13.1. The van der Waals surface area contributed by atoms with Gasteiger partial charge >= 0.3 is 0 Å². The molecule has 2 nitrogen and oxygen atoms in total. The third-order valence-electron chi connectivity index (χ3n) is 3.59. The Kier molecular flexibility index (Phi) is 7.29. The standard InChI is InChI=1S/C16H27BrN2/c1-5-18(6-2)12-14-10-9-11-15(16(14)17)13-19(7-3)8-4/h9-10,12-13,16H,5-8,11H2,1-4H3. The van der Waals surface area contributed by atoms with Crippen molar-refractivity contribution in [3.8, 4) is 0 Å². The fraction of sp³-hybridized carbons (Fsp3) is 0.625. The zero-order chi connectivity index (χ0) is 14.3. The van der Waals surface area contributed by atoms with Gasteiger partial charge in [-0.3, -0.25) is 0 Å². The van der Waals surface area contributed by atoms with Gasteiger partial charge in [0.1, 0.15) is 0 Å². The quantitative estimate of drug-likeness (QED) is 0.676. The Balaban J connectivity index is 2.89. The van der Waals surface area contributed by atoms with E-state index in [-0.39, 0.29) is 0 Å². The van der Waals surface area contributed by atoms with Crippen LogP contribution < -0.4 is 0 Å². The maximum absolute atomic E-state index is 3.85. The summed E-state index contributed by atoms with van der Waals surface area (Å²) in [5.41, 5.74) is 2.80. The van der Waals surface area contributed by atoms with Gasteiger partial charge in [0.05, 0.1) is 4.83 Å². The molecule has 108 valence electrons. The van der Waals surface area contributed by atoms with Gasteiger partial charge in [0.15, 0.2) is 0 Å². The van der Waals surface area contributed by atoms with E-state index in [1.807, 2.05) is 0 Å². The van der Waals surface area contributed by atoms with Crippen molar-refractivity contribution in [2.75, 3.05) is 26.2 Å². The lowest BCUT2D eigenvalue weighted by molar-refractivity contribution is 0.411. The zero-order valence-corrected chi connectivity index (χ0v) is 14.3. The van der Waals surface area contributed by atoms with Gasteiger partial charge in [-0.1, -0.05) is 28.1 Å². The van der Waals surface area contributed by atoms with Crippen LogP contribution in [0.15, 0.2) is 35.7 Å². The van der Waals surface area contributed by atoms with Crippen molar-refractivity contribution in [2.24, 2.45) is 0 Å². The summed E-state index contributed by atoms with van der Waals surface area (Å²) in [5, 5.41) is 0. The molecule has 0 aromatic rings. The van der Waals surface area contributed by atoms with Crippen molar-refractivity contribution < 1.29 is 0 Å². The maximum Gasteiger partial charge on any atom is 0.0638 e. The lowest BCUT2D eigenvalue weighted by Gasteiger charge is -2.26. The van der Waals surface area contributed by atoms with E-state index in [9.17, 15) is 0 Å². The average molecular weight is 327 g/mol. The van der Waals surface area contributed by atoms with Crippen LogP contribution in [-0.2, 0) is 0 Å². The van der Waals surface area contributed by atoms with E-state index in [1.165, 1.54) is 11.1 Å². The molecule has 0 aliphatic heterocycles. The fourth-order valence-corrected chi connectivity index (χ4v) is 2.79. The molecule has 0 bridgehead atoms. The summed E-state index contributed by atoms with van der Waals surface area (Å²) in [5.74, 6) is 0. The molecule has 0 N–H and O–H groups in total. The van der Waals surface area contributed by atoms with E-state index in [2.05, 4.69) is 78.0 Å². The van der Waals surface area contributed by atoms with Gasteiger partial charge in [0.2, 0.25) is 0 Å². The highest BCUT2D eigenvalue weighted by Gasteiger charge is 2.18. The van der Waals surface area contributed by atoms with E-state index in [4.69, 9.17) is 0 Å². The molecule has 0 spiro atoms. The van der Waals surface area contributed by atoms with Crippen molar-refractivity contribution in [3.05, 3.63) is 35.7 Å². The van der Waals surface area contributed by atoms with E-state index in [0.29, 0.717) is 4.83 Å². The summed E-state index contributed by atoms with van der Waals surface area (Å²) in [6, 6.07) is 0. The van der Waals surface area contributed by atoms with Crippen LogP contribution >= 0.6 is 15.9 Å². The molecule has 1 aliphatic carbocycles. The molecule has 0 aromatic heterocycles. The predicted octanol–water partition coefficient (Wildman–Crippen LogP) is 4.16. The van der Waals surface area contributed by atoms with E-state index in [0.717, 1.165) is 32.6 Å². The van der Waals surface area contributed by atoms with Gasteiger partial charge in [0, 0.05) is 32.4 Å². The Bertz CT molecular complexity index is 350. The molecule has 1 atom stereocenters. The lowest BCUT2D eigenvalue weighted by atomic mass is 9.97. The molecule has 0 radical (unpaired) electrons. The van der Waals surface area contributed by atoms with Crippen LogP contribution in [-0.4, -0.2) is 40.8 Å². The SMILES string of the molecule is CCN(C=C1C=CCC(=CN(CC)CC)C1Br)CC. The first-order valence-corrected chi connectivity index (χ1v) is 8.28. The smallest absolute Gasteiger partial charge is 0.0638 e. The molecule has 0 saturated heterocycles. The number of hydrogen-bond donors (Lipinski definition) is 0. The molecular weight excluding hydrogens is 300 g/mol. The topological polar surface area (TPSA) is 6.48 Å². The third kappa shape index (κ3) is 4.72. The number of rotatable bonds is 6. The van der Waals surface area contributed by atoms with Crippen LogP contribution in [0.4, 0.5) is 0 Å². The summed E-state index contributed by atoms with van der Waals surface area (Å²) in [6.07, 6.45) is 10.2. The van der Waals surface area contributed by atoms with Gasteiger partial charge < -0.3 is 9.80 Å². The highest BCUT2D eigenvalue weighted by atomic mass is 79.9. The Morgan fingerprint density at radius 1 is 1.05 bits per heavy atom. The maximum atomic E-state index is 3.85. The predicted molar refractivity (Wildman–Crippen MR) is 88.5 cm³/mol. The first kappa shape index (κ1) is 16.4. The molecule has 1 aliphatic rings. The van der Waals surface area contributed by atoms with Gasteiger partial charge in [-0.05, 0) is 51.5 Å². The Morgan fingerprint density at radius 3 is 2.11 bits per heavy atom. The summed E-state index contributed by atoms with van der Waals surface area (Å²) >= 11 is 3.85. The Morgan fingerprint density at radius 2 is 1.58 bits per heavy atom. The van der Waals surface area contributed by atoms with Crippen molar-refractivity contribution >= 4 is 15.9 Å². The van der Waals surface area contributed by atoms with E-state index < -0.39 is 0 Å².